The number of benzene rings is 3. The summed E-state index contributed by atoms with van der Waals surface area (Å²) in [6, 6.07) is 14.4. The van der Waals surface area contributed by atoms with Crippen molar-refractivity contribution in [3.05, 3.63) is 77.4 Å². The average Bonchev–Trinajstić information content (AvgIpc) is 2.93. The molecule has 5 N–H and O–H groups in total. The van der Waals surface area contributed by atoms with E-state index < -0.39 is 33.8 Å². The fourth-order valence-electron chi connectivity index (χ4n) is 3.87. The van der Waals surface area contributed by atoms with Gasteiger partial charge in [0.15, 0.2) is 21.3 Å². The molecule has 0 aliphatic rings. The number of rotatable bonds is 11. The molecule has 212 valence electrons. The lowest BCUT2D eigenvalue weighted by Crippen LogP contribution is -2.33. The third kappa shape index (κ3) is 7.41. The first-order valence-electron chi connectivity index (χ1n) is 11.8. The minimum absolute atomic E-state index is 0.0204. The number of primary amides is 1. The first-order chi connectivity index (χ1) is 19.0. The molecule has 0 fully saturated rings. The molecular formula is C27H30N4O8S. The van der Waals surface area contributed by atoms with Gasteiger partial charge in [-0.1, -0.05) is 12.1 Å². The maximum atomic E-state index is 13.6. The minimum atomic E-state index is -3.67. The highest BCUT2D eigenvalue weighted by molar-refractivity contribution is 7.90. The Bertz CT molecular complexity index is 1520. The van der Waals surface area contributed by atoms with Gasteiger partial charge in [0.05, 0.1) is 26.2 Å². The van der Waals surface area contributed by atoms with Crippen molar-refractivity contribution in [3.8, 4) is 11.5 Å². The zero-order valence-electron chi connectivity index (χ0n) is 22.3. The normalized spacial score (nSPS) is 11.6. The van der Waals surface area contributed by atoms with Crippen LogP contribution in [-0.4, -0.2) is 53.9 Å². The SMILES string of the molecule is COC(=O)Nc1ccc(S(C)(=O)=O)c(CNC(=O)C(Nc2cccc(C(N)=O)c2)c2ccc(OC)c(OC)c2)c1. The predicted molar refractivity (Wildman–Crippen MR) is 148 cm³/mol. The monoisotopic (exact) mass is 570 g/mol. The molecule has 0 aromatic heterocycles. The van der Waals surface area contributed by atoms with Crippen molar-refractivity contribution >= 4 is 39.1 Å². The van der Waals surface area contributed by atoms with Gasteiger partial charge in [-0.2, -0.15) is 0 Å². The number of carbonyl (C=O) groups excluding carboxylic acids is 3. The number of anilines is 2. The van der Waals surface area contributed by atoms with Gasteiger partial charge in [0.25, 0.3) is 0 Å². The lowest BCUT2D eigenvalue weighted by Gasteiger charge is -2.22. The summed E-state index contributed by atoms with van der Waals surface area (Å²) < 4.78 is 40.1. The summed E-state index contributed by atoms with van der Waals surface area (Å²) in [4.78, 5) is 36.9. The van der Waals surface area contributed by atoms with Crippen molar-refractivity contribution in [1.29, 1.82) is 0 Å². The van der Waals surface area contributed by atoms with E-state index in [9.17, 15) is 22.8 Å². The van der Waals surface area contributed by atoms with Gasteiger partial charge in [0, 0.05) is 29.7 Å². The van der Waals surface area contributed by atoms with Crippen LogP contribution in [0, 0.1) is 0 Å². The van der Waals surface area contributed by atoms with Crippen LogP contribution < -0.4 is 31.2 Å². The van der Waals surface area contributed by atoms with E-state index in [4.69, 9.17) is 15.2 Å². The molecule has 1 unspecified atom stereocenters. The highest BCUT2D eigenvalue weighted by Crippen LogP contribution is 2.32. The number of hydrogen-bond donors (Lipinski definition) is 4. The van der Waals surface area contributed by atoms with Crippen LogP contribution >= 0.6 is 0 Å². The molecular weight excluding hydrogens is 540 g/mol. The standard InChI is InChI=1S/C27H30N4O8S/c1-37-21-10-8-16(14-22(21)38-2)24(30-19-7-5-6-17(12-19)25(28)32)26(33)29-15-18-13-20(31-27(34)39-3)9-11-23(18)40(4,35)36/h5-14,24,30H,15H2,1-4H3,(H2,28,32)(H,29,33)(H,31,34). The van der Waals surface area contributed by atoms with Crippen molar-refractivity contribution in [2.24, 2.45) is 5.73 Å². The second-order valence-electron chi connectivity index (χ2n) is 8.57. The molecule has 0 radical (unpaired) electrons. The van der Waals surface area contributed by atoms with Crippen LogP contribution in [0.5, 0.6) is 11.5 Å². The second kappa shape index (κ2) is 12.8. The summed E-state index contributed by atoms with van der Waals surface area (Å²) in [7, 11) is 0.473. The number of methoxy groups -OCH3 is 3. The van der Waals surface area contributed by atoms with Crippen LogP contribution in [0.2, 0.25) is 0 Å². The zero-order chi connectivity index (χ0) is 29.4. The Morgan fingerprint density at radius 2 is 1.62 bits per heavy atom. The molecule has 12 nitrogen and oxygen atoms in total. The van der Waals surface area contributed by atoms with E-state index in [1.807, 2.05) is 0 Å². The first kappa shape index (κ1) is 29.8. The predicted octanol–water partition coefficient (Wildman–Crippen LogP) is 2.85. The molecule has 3 rings (SSSR count). The Hall–Kier alpha value is -4.78. The minimum Gasteiger partial charge on any atom is -0.493 e. The number of carbonyl (C=O) groups is 3. The number of amides is 3. The molecule has 3 aromatic rings. The third-order valence-corrected chi connectivity index (χ3v) is 7.00. The molecule has 0 heterocycles. The van der Waals surface area contributed by atoms with Crippen molar-refractivity contribution in [3.63, 3.8) is 0 Å². The maximum Gasteiger partial charge on any atom is 0.411 e. The summed E-state index contributed by atoms with van der Waals surface area (Å²) in [5, 5.41) is 8.33. The van der Waals surface area contributed by atoms with Gasteiger partial charge in [0.1, 0.15) is 6.04 Å². The summed E-state index contributed by atoms with van der Waals surface area (Å²) in [6.45, 7) is -0.190. The summed E-state index contributed by atoms with van der Waals surface area (Å²) >= 11 is 0. The van der Waals surface area contributed by atoms with Gasteiger partial charge in [-0.3, -0.25) is 14.9 Å². The number of nitrogens with one attached hydrogen (secondary N) is 3. The molecule has 0 spiro atoms. The van der Waals surface area contributed by atoms with Gasteiger partial charge in [-0.05, 0) is 59.7 Å². The summed E-state index contributed by atoms with van der Waals surface area (Å²) in [5.74, 6) is -0.327. The molecule has 13 heteroatoms. The molecule has 0 aliphatic heterocycles. The van der Waals surface area contributed by atoms with Crippen LogP contribution in [-0.2, 0) is 25.9 Å². The highest BCUT2D eigenvalue weighted by Gasteiger charge is 2.24. The fraction of sp³-hybridized carbons (Fsp3) is 0.222. The Balaban J connectivity index is 1.97. The van der Waals surface area contributed by atoms with E-state index >= 15 is 0 Å². The molecule has 1 atom stereocenters. The van der Waals surface area contributed by atoms with Crippen molar-refractivity contribution < 1.29 is 37.0 Å². The third-order valence-electron chi connectivity index (χ3n) is 5.81. The molecule has 0 bridgehead atoms. The average molecular weight is 571 g/mol. The smallest absolute Gasteiger partial charge is 0.411 e. The Morgan fingerprint density at radius 3 is 2.25 bits per heavy atom. The van der Waals surface area contributed by atoms with Gasteiger partial charge < -0.3 is 30.6 Å². The van der Waals surface area contributed by atoms with E-state index in [0.717, 1.165) is 6.26 Å². The van der Waals surface area contributed by atoms with Crippen molar-refractivity contribution in [2.75, 3.05) is 38.2 Å². The van der Waals surface area contributed by atoms with Gasteiger partial charge in [-0.15, -0.1) is 0 Å². The van der Waals surface area contributed by atoms with Gasteiger partial charge in [0.2, 0.25) is 11.8 Å². The van der Waals surface area contributed by atoms with Gasteiger partial charge in [-0.25, -0.2) is 13.2 Å². The Morgan fingerprint density at radius 1 is 0.900 bits per heavy atom. The number of hydrogen-bond acceptors (Lipinski definition) is 9. The van der Waals surface area contributed by atoms with E-state index in [1.54, 1.807) is 36.4 Å². The fourth-order valence-corrected chi connectivity index (χ4v) is 4.79. The van der Waals surface area contributed by atoms with Crippen molar-refractivity contribution in [2.45, 2.75) is 17.5 Å². The Labute approximate surface area is 231 Å². The molecule has 0 aliphatic carbocycles. The number of nitrogens with two attached hydrogens (primary N) is 1. The van der Waals surface area contributed by atoms with Crippen LogP contribution in [0.3, 0.4) is 0 Å². The molecule has 3 amide bonds. The van der Waals surface area contributed by atoms with E-state index in [2.05, 4.69) is 20.7 Å². The second-order valence-corrected chi connectivity index (χ2v) is 10.6. The van der Waals surface area contributed by atoms with Crippen LogP contribution in [0.15, 0.2) is 65.6 Å². The Kier molecular flexibility index (Phi) is 9.56. The quantitative estimate of drug-likeness (QED) is 0.270. The number of sulfone groups is 1. The molecule has 0 saturated carbocycles. The van der Waals surface area contributed by atoms with Gasteiger partial charge >= 0.3 is 6.09 Å². The van der Waals surface area contributed by atoms with Crippen LogP contribution in [0.4, 0.5) is 16.2 Å². The lowest BCUT2D eigenvalue weighted by atomic mass is 10.0. The van der Waals surface area contributed by atoms with Crippen molar-refractivity contribution in [1.82, 2.24) is 5.32 Å². The van der Waals surface area contributed by atoms with E-state index in [0.29, 0.717) is 22.7 Å². The summed E-state index contributed by atoms with van der Waals surface area (Å²) in [6.07, 6.45) is 0.304. The van der Waals surface area contributed by atoms with Crippen LogP contribution in [0.1, 0.15) is 27.5 Å². The number of ether oxygens (including phenoxy) is 3. The summed E-state index contributed by atoms with van der Waals surface area (Å²) in [5.41, 5.74) is 7.10. The molecule has 40 heavy (non-hydrogen) atoms. The van der Waals surface area contributed by atoms with Crippen LogP contribution in [0.25, 0.3) is 0 Å². The van der Waals surface area contributed by atoms with E-state index in [1.165, 1.54) is 45.6 Å². The molecule has 3 aromatic carbocycles. The largest absolute Gasteiger partial charge is 0.493 e. The zero-order valence-corrected chi connectivity index (χ0v) is 23.1. The van der Waals surface area contributed by atoms with E-state index in [-0.39, 0.29) is 28.3 Å². The molecule has 0 saturated heterocycles. The first-order valence-corrected chi connectivity index (χ1v) is 13.7. The highest BCUT2D eigenvalue weighted by atomic mass is 32.2. The topological polar surface area (TPSA) is 175 Å². The maximum absolute atomic E-state index is 13.6. The lowest BCUT2D eigenvalue weighted by molar-refractivity contribution is -0.122.